The van der Waals surface area contributed by atoms with Crippen molar-refractivity contribution in [3.8, 4) is 0 Å². The summed E-state index contributed by atoms with van der Waals surface area (Å²) in [7, 11) is 4.28. The molecule has 21 heavy (non-hydrogen) atoms. The summed E-state index contributed by atoms with van der Waals surface area (Å²) in [5.41, 5.74) is 1.71. The summed E-state index contributed by atoms with van der Waals surface area (Å²) in [5.74, 6) is 0. The average molecular weight is 305 g/mol. The van der Waals surface area contributed by atoms with Gasteiger partial charge < -0.3 is 10.2 Å². The van der Waals surface area contributed by atoms with Crippen molar-refractivity contribution in [3.05, 3.63) is 34.7 Å². The summed E-state index contributed by atoms with van der Waals surface area (Å²) >= 11 is 1.92. The van der Waals surface area contributed by atoms with Crippen molar-refractivity contribution < 1.29 is 0 Å². The van der Waals surface area contributed by atoms with Gasteiger partial charge >= 0.3 is 0 Å². The molecule has 2 rings (SSSR count). The van der Waals surface area contributed by atoms with Gasteiger partial charge in [0.15, 0.2) is 0 Å². The summed E-state index contributed by atoms with van der Waals surface area (Å²) in [4.78, 5) is 3.73. The third-order valence-electron chi connectivity index (χ3n) is 3.90. The molecular formula is C18H28N2S. The number of nitrogens with zero attached hydrogens (tertiary/aromatic N) is 1. The minimum atomic E-state index is 0.280. The van der Waals surface area contributed by atoms with Crippen LogP contribution in [0.1, 0.15) is 37.3 Å². The Morgan fingerprint density at radius 3 is 2.52 bits per heavy atom. The van der Waals surface area contributed by atoms with Gasteiger partial charge in [-0.3, -0.25) is 0 Å². The standard InChI is InChI=1S/C18H28N2S/c1-13-15-9-7-8-10-16(15)21-17(13)14(2)19-11-18(3,4)12-20(5)6/h7-10,14,19H,11-12H2,1-6H3. The summed E-state index contributed by atoms with van der Waals surface area (Å²) in [6.45, 7) is 11.3. The predicted octanol–water partition coefficient (Wildman–Crippen LogP) is 4.45. The highest BCUT2D eigenvalue weighted by atomic mass is 32.1. The van der Waals surface area contributed by atoms with Crippen LogP contribution in [0.2, 0.25) is 0 Å². The SMILES string of the molecule is Cc1c(C(C)NCC(C)(C)CN(C)C)sc2ccccc12. The largest absolute Gasteiger partial charge is 0.309 e. The quantitative estimate of drug-likeness (QED) is 0.848. The highest BCUT2D eigenvalue weighted by molar-refractivity contribution is 7.19. The molecule has 3 heteroatoms. The van der Waals surface area contributed by atoms with Crippen molar-refractivity contribution in [2.45, 2.75) is 33.7 Å². The van der Waals surface area contributed by atoms with Crippen LogP contribution in [-0.2, 0) is 0 Å². The van der Waals surface area contributed by atoms with E-state index in [4.69, 9.17) is 0 Å². The Kier molecular flexibility index (Phi) is 5.07. The third kappa shape index (κ3) is 4.06. The molecule has 0 saturated heterocycles. The van der Waals surface area contributed by atoms with Gasteiger partial charge in [0, 0.05) is 28.7 Å². The van der Waals surface area contributed by atoms with Crippen molar-refractivity contribution in [1.82, 2.24) is 10.2 Å². The Hall–Kier alpha value is -0.900. The van der Waals surface area contributed by atoms with Crippen molar-refractivity contribution in [2.75, 3.05) is 27.2 Å². The van der Waals surface area contributed by atoms with E-state index in [2.05, 4.69) is 76.3 Å². The molecular weight excluding hydrogens is 276 g/mol. The zero-order valence-electron chi connectivity index (χ0n) is 14.2. The van der Waals surface area contributed by atoms with Crippen LogP contribution in [0, 0.1) is 12.3 Å². The fourth-order valence-corrected chi connectivity index (χ4v) is 4.28. The highest BCUT2D eigenvalue weighted by Crippen LogP contribution is 2.34. The maximum absolute atomic E-state index is 3.73. The lowest BCUT2D eigenvalue weighted by Crippen LogP contribution is -2.38. The van der Waals surface area contributed by atoms with Crippen LogP contribution in [0.3, 0.4) is 0 Å². The van der Waals surface area contributed by atoms with Crippen LogP contribution in [0.15, 0.2) is 24.3 Å². The highest BCUT2D eigenvalue weighted by Gasteiger charge is 2.21. The maximum Gasteiger partial charge on any atom is 0.0389 e. The number of benzene rings is 1. The van der Waals surface area contributed by atoms with Crippen molar-refractivity contribution >= 4 is 21.4 Å². The first-order chi connectivity index (χ1) is 9.80. The molecule has 0 spiro atoms. The minimum Gasteiger partial charge on any atom is -0.309 e. The smallest absolute Gasteiger partial charge is 0.0389 e. The average Bonchev–Trinajstić information content (AvgIpc) is 2.73. The lowest BCUT2D eigenvalue weighted by Gasteiger charge is -2.30. The fourth-order valence-electron chi connectivity index (χ4n) is 3.04. The first-order valence-corrected chi connectivity index (χ1v) is 8.48. The lowest BCUT2D eigenvalue weighted by atomic mass is 9.92. The van der Waals surface area contributed by atoms with Crippen LogP contribution in [-0.4, -0.2) is 32.1 Å². The Bertz CT molecular complexity index is 598. The van der Waals surface area contributed by atoms with E-state index in [0.29, 0.717) is 6.04 Å². The van der Waals surface area contributed by atoms with Gasteiger partial charge in [0.1, 0.15) is 0 Å². The Balaban J connectivity index is 2.09. The molecule has 1 aromatic heterocycles. The molecule has 1 unspecified atom stereocenters. The molecule has 0 aliphatic heterocycles. The molecule has 2 nitrogen and oxygen atoms in total. The molecule has 1 N–H and O–H groups in total. The van der Waals surface area contributed by atoms with E-state index in [1.807, 2.05) is 11.3 Å². The summed E-state index contributed by atoms with van der Waals surface area (Å²) in [5, 5.41) is 5.13. The first-order valence-electron chi connectivity index (χ1n) is 7.66. The second-order valence-electron chi connectivity index (χ2n) is 7.09. The van der Waals surface area contributed by atoms with E-state index in [-0.39, 0.29) is 5.41 Å². The number of hydrogen-bond acceptors (Lipinski definition) is 3. The van der Waals surface area contributed by atoms with E-state index in [9.17, 15) is 0 Å². The molecule has 0 fully saturated rings. The number of hydrogen-bond donors (Lipinski definition) is 1. The van der Waals surface area contributed by atoms with Crippen molar-refractivity contribution in [2.24, 2.45) is 5.41 Å². The van der Waals surface area contributed by atoms with Gasteiger partial charge in [-0.1, -0.05) is 32.0 Å². The minimum absolute atomic E-state index is 0.280. The maximum atomic E-state index is 3.73. The number of nitrogens with one attached hydrogen (secondary N) is 1. The molecule has 1 atom stereocenters. The zero-order valence-corrected chi connectivity index (χ0v) is 15.0. The monoisotopic (exact) mass is 304 g/mol. The molecule has 1 heterocycles. The summed E-state index contributed by atoms with van der Waals surface area (Å²) < 4.78 is 1.39. The normalized spacial score (nSPS) is 14.0. The van der Waals surface area contributed by atoms with Crippen LogP contribution < -0.4 is 5.32 Å². The van der Waals surface area contributed by atoms with Gasteiger partial charge in [-0.2, -0.15) is 0 Å². The van der Waals surface area contributed by atoms with Crippen LogP contribution >= 0.6 is 11.3 Å². The number of aryl methyl sites for hydroxylation is 1. The molecule has 0 amide bonds. The number of thiophene rings is 1. The van der Waals surface area contributed by atoms with E-state index in [1.54, 1.807) is 0 Å². The summed E-state index contributed by atoms with van der Waals surface area (Å²) in [6.07, 6.45) is 0. The zero-order chi connectivity index (χ0) is 15.6. The van der Waals surface area contributed by atoms with Gasteiger partial charge in [-0.05, 0) is 50.4 Å². The Morgan fingerprint density at radius 2 is 1.90 bits per heavy atom. The van der Waals surface area contributed by atoms with E-state index in [0.717, 1.165) is 13.1 Å². The van der Waals surface area contributed by atoms with Crippen molar-refractivity contribution in [3.63, 3.8) is 0 Å². The molecule has 1 aromatic carbocycles. The second-order valence-corrected chi connectivity index (χ2v) is 8.18. The molecule has 0 aliphatic carbocycles. The molecule has 0 bridgehead atoms. The molecule has 0 saturated carbocycles. The van der Waals surface area contributed by atoms with Gasteiger partial charge in [0.2, 0.25) is 0 Å². The topological polar surface area (TPSA) is 15.3 Å². The van der Waals surface area contributed by atoms with E-state index in [1.165, 1.54) is 20.5 Å². The Morgan fingerprint density at radius 1 is 1.24 bits per heavy atom. The fraction of sp³-hybridized carbons (Fsp3) is 0.556. The van der Waals surface area contributed by atoms with Gasteiger partial charge in [-0.15, -0.1) is 11.3 Å². The van der Waals surface area contributed by atoms with Gasteiger partial charge in [-0.25, -0.2) is 0 Å². The lowest BCUT2D eigenvalue weighted by molar-refractivity contribution is 0.227. The van der Waals surface area contributed by atoms with E-state index < -0.39 is 0 Å². The van der Waals surface area contributed by atoms with Crippen LogP contribution in [0.4, 0.5) is 0 Å². The molecule has 116 valence electrons. The Labute approximate surface area is 133 Å². The van der Waals surface area contributed by atoms with Gasteiger partial charge in [0.05, 0.1) is 0 Å². The van der Waals surface area contributed by atoms with E-state index >= 15 is 0 Å². The van der Waals surface area contributed by atoms with Crippen molar-refractivity contribution in [1.29, 1.82) is 0 Å². The van der Waals surface area contributed by atoms with Crippen LogP contribution in [0.5, 0.6) is 0 Å². The molecule has 2 aromatic rings. The molecule has 0 radical (unpaired) electrons. The molecule has 0 aliphatic rings. The number of fused-ring (bicyclic) bond motifs is 1. The number of rotatable bonds is 6. The predicted molar refractivity (Wildman–Crippen MR) is 95.3 cm³/mol. The van der Waals surface area contributed by atoms with Crippen LogP contribution in [0.25, 0.3) is 10.1 Å². The third-order valence-corrected chi connectivity index (χ3v) is 5.36. The summed E-state index contributed by atoms with van der Waals surface area (Å²) in [6, 6.07) is 9.11. The van der Waals surface area contributed by atoms with Gasteiger partial charge in [0.25, 0.3) is 0 Å². The second kappa shape index (κ2) is 6.47. The first kappa shape index (κ1) is 16.5.